The van der Waals surface area contributed by atoms with Crippen molar-refractivity contribution < 1.29 is 4.79 Å². The number of thiazole rings is 1. The molecule has 0 radical (unpaired) electrons. The molecule has 2 aromatic heterocycles. The standard InChI is InChI=1S/C21H25N3O2S/c1-5-14(4)15-6-8-16(9-7-15)18(13(2)3)23-19(25)17-12-22-21-24(20(17)26)10-11-27-21/h6-14,18H,5H2,1-4H3,(H,23,25). The molecule has 2 atom stereocenters. The summed E-state index contributed by atoms with van der Waals surface area (Å²) < 4.78 is 1.41. The lowest BCUT2D eigenvalue weighted by Crippen LogP contribution is -2.35. The molecule has 3 aromatic rings. The number of carbonyl (C=O) groups is 1. The van der Waals surface area contributed by atoms with Crippen LogP contribution in [0.15, 0.2) is 46.8 Å². The molecule has 3 rings (SSSR count). The van der Waals surface area contributed by atoms with E-state index < -0.39 is 5.91 Å². The minimum Gasteiger partial charge on any atom is -0.345 e. The summed E-state index contributed by atoms with van der Waals surface area (Å²) in [6.07, 6.45) is 4.10. The monoisotopic (exact) mass is 383 g/mol. The number of aromatic nitrogens is 2. The number of rotatable bonds is 6. The van der Waals surface area contributed by atoms with Crippen LogP contribution in [-0.2, 0) is 0 Å². The Morgan fingerprint density at radius 1 is 1.19 bits per heavy atom. The molecule has 0 saturated heterocycles. The second-order valence-corrected chi connectivity index (χ2v) is 8.08. The molecule has 2 heterocycles. The number of benzene rings is 1. The fourth-order valence-corrected chi connectivity index (χ4v) is 3.78. The van der Waals surface area contributed by atoms with Gasteiger partial charge in [-0.1, -0.05) is 52.0 Å². The highest BCUT2D eigenvalue weighted by Gasteiger charge is 2.22. The number of nitrogens with one attached hydrogen (secondary N) is 1. The lowest BCUT2D eigenvalue weighted by atomic mass is 9.92. The van der Waals surface area contributed by atoms with Gasteiger partial charge in [0.2, 0.25) is 0 Å². The molecule has 0 aliphatic carbocycles. The van der Waals surface area contributed by atoms with Gasteiger partial charge in [-0.25, -0.2) is 4.98 Å². The molecule has 1 amide bonds. The molecule has 27 heavy (non-hydrogen) atoms. The van der Waals surface area contributed by atoms with Crippen LogP contribution >= 0.6 is 11.3 Å². The number of amides is 1. The third kappa shape index (κ3) is 3.95. The lowest BCUT2D eigenvalue weighted by molar-refractivity contribution is 0.0923. The van der Waals surface area contributed by atoms with Gasteiger partial charge in [0.25, 0.3) is 11.5 Å². The molecule has 1 aromatic carbocycles. The van der Waals surface area contributed by atoms with Crippen LogP contribution in [0, 0.1) is 5.92 Å². The van der Waals surface area contributed by atoms with E-state index in [-0.39, 0.29) is 23.1 Å². The van der Waals surface area contributed by atoms with Crippen LogP contribution in [-0.4, -0.2) is 15.3 Å². The Bertz CT molecular complexity index is 989. The van der Waals surface area contributed by atoms with Gasteiger partial charge in [0.05, 0.1) is 6.04 Å². The van der Waals surface area contributed by atoms with Crippen molar-refractivity contribution in [1.29, 1.82) is 0 Å². The van der Waals surface area contributed by atoms with E-state index in [1.165, 1.54) is 27.5 Å². The summed E-state index contributed by atoms with van der Waals surface area (Å²) in [6.45, 7) is 8.49. The van der Waals surface area contributed by atoms with Crippen molar-refractivity contribution in [2.75, 3.05) is 0 Å². The predicted molar refractivity (Wildman–Crippen MR) is 110 cm³/mol. The van der Waals surface area contributed by atoms with E-state index in [2.05, 4.69) is 62.3 Å². The Hall–Kier alpha value is -2.47. The third-order valence-corrected chi connectivity index (χ3v) is 5.79. The van der Waals surface area contributed by atoms with E-state index in [0.717, 1.165) is 12.0 Å². The van der Waals surface area contributed by atoms with Crippen molar-refractivity contribution in [2.24, 2.45) is 5.92 Å². The Morgan fingerprint density at radius 2 is 1.85 bits per heavy atom. The van der Waals surface area contributed by atoms with Crippen molar-refractivity contribution in [3.05, 3.63) is 69.1 Å². The second-order valence-electron chi connectivity index (χ2n) is 7.20. The molecule has 2 unspecified atom stereocenters. The predicted octanol–water partition coefficient (Wildman–Crippen LogP) is 4.40. The molecule has 0 spiro atoms. The maximum atomic E-state index is 12.8. The van der Waals surface area contributed by atoms with Gasteiger partial charge in [-0.3, -0.25) is 14.0 Å². The van der Waals surface area contributed by atoms with Gasteiger partial charge < -0.3 is 5.32 Å². The van der Waals surface area contributed by atoms with Gasteiger partial charge in [-0.05, 0) is 29.4 Å². The molecule has 5 nitrogen and oxygen atoms in total. The minimum absolute atomic E-state index is 0.0628. The fourth-order valence-electron chi connectivity index (χ4n) is 3.10. The zero-order valence-corrected chi connectivity index (χ0v) is 16.9. The lowest BCUT2D eigenvalue weighted by Gasteiger charge is -2.23. The van der Waals surface area contributed by atoms with Crippen LogP contribution in [0.4, 0.5) is 0 Å². The minimum atomic E-state index is -0.391. The van der Waals surface area contributed by atoms with Crippen molar-refractivity contribution in [2.45, 2.75) is 46.1 Å². The van der Waals surface area contributed by atoms with Gasteiger partial charge in [0.1, 0.15) is 5.56 Å². The van der Waals surface area contributed by atoms with E-state index >= 15 is 0 Å². The molecule has 142 valence electrons. The summed E-state index contributed by atoms with van der Waals surface area (Å²) in [5.74, 6) is 0.302. The third-order valence-electron chi connectivity index (χ3n) is 5.02. The smallest absolute Gasteiger partial charge is 0.271 e. The molecule has 0 aliphatic heterocycles. The maximum Gasteiger partial charge on any atom is 0.271 e. The van der Waals surface area contributed by atoms with Crippen LogP contribution < -0.4 is 10.9 Å². The normalized spacial score (nSPS) is 13.7. The molecule has 0 fully saturated rings. The number of hydrogen-bond donors (Lipinski definition) is 1. The highest BCUT2D eigenvalue weighted by atomic mass is 32.1. The zero-order valence-electron chi connectivity index (χ0n) is 16.1. The topological polar surface area (TPSA) is 63.5 Å². The van der Waals surface area contributed by atoms with Crippen molar-refractivity contribution in [3.63, 3.8) is 0 Å². The van der Waals surface area contributed by atoms with Gasteiger partial charge >= 0.3 is 0 Å². The highest BCUT2D eigenvalue weighted by Crippen LogP contribution is 2.25. The molecule has 1 N–H and O–H groups in total. The first kappa shape index (κ1) is 19.3. The second kappa shape index (κ2) is 8.05. The summed E-state index contributed by atoms with van der Waals surface area (Å²) >= 11 is 1.36. The quantitative estimate of drug-likeness (QED) is 0.686. The number of nitrogens with zero attached hydrogens (tertiary/aromatic N) is 2. The van der Waals surface area contributed by atoms with Crippen LogP contribution in [0.2, 0.25) is 0 Å². The van der Waals surface area contributed by atoms with E-state index in [1.54, 1.807) is 11.6 Å². The summed E-state index contributed by atoms with van der Waals surface area (Å²) in [5.41, 5.74) is 2.05. The number of fused-ring (bicyclic) bond motifs is 1. The average molecular weight is 384 g/mol. The van der Waals surface area contributed by atoms with Gasteiger partial charge in [0, 0.05) is 17.8 Å². The molecule has 0 aliphatic rings. The van der Waals surface area contributed by atoms with Gasteiger partial charge in [0.15, 0.2) is 4.96 Å². The van der Waals surface area contributed by atoms with Crippen LogP contribution in [0.1, 0.15) is 67.6 Å². The van der Waals surface area contributed by atoms with Crippen LogP contribution in [0.3, 0.4) is 0 Å². The summed E-state index contributed by atoms with van der Waals surface area (Å²) in [4.78, 5) is 30.1. The van der Waals surface area contributed by atoms with Crippen LogP contribution in [0.5, 0.6) is 0 Å². The van der Waals surface area contributed by atoms with Crippen molar-refractivity contribution in [3.8, 4) is 0 Å². The average Bonchev–Trinajstić information content (AvgIpc) is 3.15. The first-order chi connectivity index (χ1) is 12.9. The first-order valence-electron chi connectivity index (χ1n) is 9.28. The summed E-state index contributed by atoms with van der Waals surface area (Å²) in [5, 5.41) is 4.80. The number of hydrogen-bond acceptors (Lipinski definition) is 4. The van der Waals surface area contributed by atoms with E-state index in [4.69, 9.17) is 0 Å². The molecular weight excluding hydrogens is 358 g/mol. The Morgan fingerprint density at radius 3 is 2.48 bits per heavy atom. The molecular formula is C21H25N3O2S. The Kier molecular flexibility index (Phi) is 5.75. The first-order valence-corrected chi connectivity index (χ1v) is 10.2. The Labute approximate surface area is 163 Å². The molecule has 0 saturated carbocycles. The summed E-state index contributed by atoms with van der Waals surface area (Å²) in [6, 6.07) is 8.21. The van der Waals surface area contributed by atoms with E-state index in [9.17, 15) is 9.59 Å². The van der Waals surface area contributed by atoms with E-state index in [1.807, 2.05) is 0 Å². The van der Waals surface area contributed by atoms with Crippen molar-refractivity contribution >= 4 is 22.2 Å². The molecule has 6 heteroatoms. The van der Waals surface area contributed by atoms with Crippen LogP contribution in [0.25, 0.3) is 4.96 Å². The highest BCUT2D eigenvalue weighted by molar-refractivity contribution is 7.15. The largest absolute Gasteiger partial charge is 0.345 e. The van der Waals surface area contributed by atoms with Gasteiger partial charge in [-0.15, -0.1) is 11.3 Å². The Balaban J connectivity index is 1.86. The van der Waals surface area contributed by atoms with Crippen molar-refractivity contribution in [1.82, 2.24) is 14.7 Å². The van der Waals surface area contributed by atoms with E-state index in [0.29, 0.717) is 10.9 Å². The maximum absolute atomic E-state index is 12.8. The number of carbonyl (C=O) groups excluding carboxylic acids is 1. The fraction of sp³-hybridized carbons (Fsp3) is 0.381. The molecule has 0 bridgehead atoms. The SMILES string of the molecule is CCC(C)c1ccc(C(NC(=O)c2cnc3sccn3c2=O)C(C)C)cc1. The van der Waals surface area contributed by atoms with Gasteiger partial charge in [-0.2, -0.15) is 0 Å². The summed E-state index contributed by atoms with van der Waals surface area (Å²) in [7, 11) is 0. The zero-order chi connectivity index (χ0) is 19.6.